The zero-order valence-corrected chi connectivity index (χ0v) is 7.44. The summed E-state index contributed by atoms with van der Waals surface area (Å²) in [5.41, 5.74) is 0. The molecule has 0 unspecified atom stereocenters. The molecule has 0 aromatic rings. The van der Waals surface area contributed by atoms with Crippen LogP contribution in [-0.2, 0) is 4.74 Å². The van der Waals surface area contributed by atoms with Crippen LogP contribution in [0.25, 0.3) is 0 Å². The summed E-state index contributed by atoms with van der Waals surface area (Å²) < 4.78 is 5.39. The number of hydrogen-bond donors (Lipinski definition) is 0. The van der Waals surface area contributed by atoms with Crippen LogP contribution in [0.5, 0.6) is 0 Å². The second kappa shape index (κ2) is 5.22. The number of allylic oxidation sites excluding steroid dienone is 2. The van der Waals surface area contributed by atoms with Crippen molar-refractivity contribution >= 4 is 0 Å². The molecule has 1 heterocycles. The number of rotatable bonds is 4. The van der Waals surface area contributed by atoms with Gasteiger partial charge in [-0.2, -0.15) is 0 Å². The third-order valence-corrected chi connectivity index (χ3v) is 2.03. The van der Waals surface area contributed by atoms with Gasteiger partial charge in [-0.3, -0.25) is 0 Å². The quantitative estimate of drug-likeness (QED) is 0.565. The van der Waals surface area contributed by atoms with E-state index in [-0.39, 0.29) is 0 Å². The van der Waals surface area contributed by atoms with Crippen molar-refractivity contribution in [1.29, 1.82) is 0 Å². The fraction of sp³-hybridized carbons (Fsp3) is 0.800. The summed E-state index contributed by atoms with van der Waals surface area (Å²) in [4.78, 5) is 0. The maximum atomic E-state index is 5.39. The summed E-state index contributed by atoms with van der Waals surface area (Å²) in [5, 5.41) is 0. The van der Waals surface area contributed by atoms with Crippen LogP contribution < -0.4 is 0 Å². The fourth-order valence-electron chi connectivity index (χ4n) is 1.34. The summed E-state index contributed by atoms with van der Waals surface area (Å²) in [6.45, 7) is 3.18. The molecule has 0 aromatic carbocycles. The largest absolute Gasteiger partial charge is 0.498 e. The molecule has 0 spiro atoms. The van der Waals surface area contributed by atoms with E-state index < -0.39 is 0 Å². The molecular formula is C10H18O. The SMILES string of the molecule is CCCCC/C=C1/CCCO1. The van der Waals surface area contributed by atoms with E-state index in [1.807, 2.05) is 0 Å². The molecule has 1 rings (SSSR count). The summed E-state index contributed by atoms with van der Waals surface area (Å²) >= 11 is 0. The van der Waals surface area contributed by atoms with Gasteiger partial charge < -0.3 is 4.74 Å². The Labute approximate surface area is 69.4 Å². The van der Waals surface area contributed by atoms with Gasteiger partial charge in [0.15, 0.2) is 0 Å². The Morgan fingerprint density at radius 3 is 3.00 bits per heavy atom. The van der Waals surface area contributed by atoms with Gasteiger partial charge >= 0.3 is 0 Å². The number of unbranched alkanes of at least 4 members (excludes halogenated alkanes) is 3. The first-order valence-corrected chi connectivity index (χ1v) is 4.75. The zero-order chi connectivity index (χ0) is 7.94. The molecule has 0 saturated carbocycles. The normalized spacial score (nSPS) is 20.6. The smallest absolute Gasteiger partial charge is 0.0921 e. The fourth-order valence-corrected chi connectivity index (χ4v) is 1.34. The van der Waals surface area contributed by atoms with Gasteiger partial charge in [0.05, 0.1) is 12.4 Å². The van der Waals surface area contributed by atoms with Crippen LogP contribution >= 0.6 is 0 Å². The first-order valence-electron chi connectivity index (χ1n) is 4.75. The minimum atomic E-state index is 0.944. The molecule has 0 N–H and O–H groups in total. The Balaban J connectivity index is 2.03. The van der Waals surface area contributed by atoms with Crippen LogP contribution in [0, 0.1) is 0 Å². The number of hydrogen-bond acceptors (Lipinski definition) is 1. The van der Waals surface area contributed by atoms with E-state index in [9.17, 15) is 0 Å². The van der Waals surface area contributed by atoms with Crippen molar-refractivity contribution in [3.8, 4) is 0 Å². The maximum absolute atomic E-state index is 5.39. The molecule has 1 fully saturated rings. The standard InChI is InChI=1S/C10H18O/c1-2-3-4-5-7-10-8-6-9-11-10/h7H,2-6,8-9H2,1H3/b10-7-. The van der Waals surface area contributed by atoms with E-state index in [0.29, 0.717) is 0 Å². The van der Waals surface area contributed by atoms with Crippen LogP contribution in [0.4, 0.5) is 0 Å². The molecule has 1 saturated heterocycles. The summed E-state index contributed by atoms with van der Waals surface area (Å²) in [6.07, 6.45) is 9.86. The average molecular weight is 154 g/mol. The van der Waals surface area contributed by atoms with Crippen molar-refractivity contribution in [3.05, 3.63) is 11.8 Å². The van der Waals surface area contributed by atoms with E-state index >= 15 is 0 Å². The lowest BCUT2D eigenvalue weighted by Gasteiger charge is -1.97. The Morgan fingerprint density at radius 1 is 1.45 bits per heavy atom. The Morgan fingerprint density at radius 2 is 2.36 bits per heavy atom. The van der Waals surface area contributed by atoms with Gasteiger partial charge in [-0.1, -0.05) is 19.8 Å². The minimum Gasteiger partial charge on any atom is -0.498 e. The highest BCUT2D eigenvalue weighted by Gasteiger charge is 2.05. The molecule has 1 aliphatic rings. The molecular weight excluding hydrogens is 136 g/mol. The topological polar surface area (TPSA) is 9.23 Å². The van der Waals surface area contributed by atoms with Crippen LogP contribution in [0.15, 0.2) is 11.8 Å². The molecule has 0 aliphatic carbocycles. The van der Waals surface area contributed by atoms with Gasteiger partial charge in [-0.05, 0) is 25.3 Å². The third kappa shape index (κ3) is 3.45. The lowest BCUT2D eigenvalue weighted by Crippen LogP contribution is -1.79. The van der Waals surface area contributed by atoms with E-state index in [1.54, 1.807) is 0 Å². The van der Waals surface area contributed by atoms with E-state index in [2.05, 4.69) is 13.0 Å². The average Bonchev–Trinajstić information content (AvgIpc) is 2.50. The van der Waals surface area contributed by atoms with Crippen LogP contribution in [0.2, 0.25) is 0 Å². The van der Waals surface area contributed by atoms with Crippen molar-refractivity contribution in [1.82, 2.24) is 0 Å². The lowest BCUT2D eigenvalue weighted by molar-refractivity contribution is 0.262. The highest BCUT2D eigenvalue weighted by atomic mass is 16.5. The molecule has 11 heavy (non-hydrogen) atoms. The van der Waals surface area contributed by atoms with Crippen molar-refractivity contribution in [2.45, 2.75) is 45.4 Å². The van der Waals surface area contributed by atoms with Gasteiger partial charge in [0.2, 0.25) is 0 Å². The molecule has 0 bridgehead atoms. The Bertz CT molecular complexity index is 119. The van der Waals surface area contributed by atoms with Crippen molar-refractivity contribution in [2.75, 3.05) is 6.61 Å². The van der Waals surface area contributed by atoms with Crippen LogP contribution in [0.3, 0.4) is 0 Å². The van der Waals surface area contributed by atoms with Crippen molar-refractivity contribution < 1.29 is 4.74 Å². The van der Waals surface area contributed by atoms with E-state index in [0.717, 1.165) is 6.61 Å². The second-order valence-corrected chi connectivity index (χ2v) is 3.12. The zero-order valence-electron chi connectivity index (χ0n) is 7.44. The molecule has 0 atom stereocenters. The Hall–Kier alpha value is -0.460. The number of ether oxygens (including phenoxy) is 1. The van der Waals surface area contributed by atoms with Gasteiger partial charge in [-0.15, -0.1) is 0 Å². The highest BCUT2D eigenvalue weighted by molar-refractivity contribution is 4.95. The van der Waals surface area contributed by atoms with Crippen LogP contribution in [-0.4, -0.2) is 6.61 Å². The second-order valence-electron chi connectivity index (χ2n) is 3.12. The van der Waals surface area contributed by atoms with Gasteiger partial charge in [-0.25, -0.2) is 0 Å². The first-order chi connectivity index (χ1) is 5.43. The molecule has 0 amide bonds. The molecule has 0 aromatic heterocycles. The summed E-state index contributed by atoms with van der Waals surface area (Å²) in [7, 11) is 0. The summed E-state index contributed by atoms with van der Waals surface area (Å²) in [6, 6.07) is 0. The monoisotopic (exact) mass is 154 g/mol. The van der Waals surface area contributed by atoms with Crippen LogP contribution in [0.1, 0.15) is 45.4 Å². The molecule has 1 aliphatic heterocycles. The van der Waals surface area contributed by atoms with Gasteiger partial charge in [0, 0.05) is 6.42 Å². The van der Waals surface area contributed by atoms with Gasteiger partial charge in [0.25, 0.3) is 0 Å². The van der Waals surface area contributed by atoms with Crippen molar-refractivity contribution in [2.24, 2.45) is 0 Å². The minimum absolute atomic E-state index is 0.944. The Kier molecular flexibility index (Phi) is 4.10. The third-order valence-electron chi connectivity index (χ3n) is 2.03. The van der Waals surface area contributed by atoms with E-state index in [1.165, 1.54) is 44.3 Å². The predicted octanol–water partition coefficient (Wildman–Crippen LogP) is 3.26. The predicted molar refractivity (Wildman–Crippen MR) is 47.4 cm³/mol. The molecule has 64 valence electrons. The first kappa shape index (κ1) is 8.63. The van der Waals surface area contributed by atoms with Crippen molar-refractivity contribution in [3.63, 3.8) is 0 Å². The summed E-state index contributed by atoms with van der Waals surface area (Å²) in [5.74, 6) is 1.24. The molecule has 0 radical (unpaired) electrons. The lowest BCUT2D eigenvalue weighted by atomic mass is 10.2. The van der Waals surface area contributed by atoms with Gasteiger partial charge in [0.1, 0.15) is 0 Å². The molecule has 1 heteroatoms. The van der Waals surface area contributed by atoms with E-state index in [4.69, 9.17) is 4.74 Å². The highest BCUT2D eigenvalue weighted by Crippen LogP contribution is 2.17. The molecule has 1 nitrogen and oxygen atoms in total. The maximum Gasteiger partial charge on any atom is 0.0921 e.